The van der Waals surface area contributed by atoms with E-state index in [1.54, 1.807) is 19.2 Å². The summed E-state index contributed by atoms with van der Waals surface area (Å²) in [5, 5.41) is 11.7. The van der Waals surface area contributed by atoms with E-state index in [4.69, 9.17) is 5.11 Å². The number of carbonyl (C=O) groups is 1. The van der Waals surface area contributed by atoms with Crippen LogP contribution in [0.2, 0.25) is 0 Å². The third kappa shape index (κ3) is 4.40. The smallest absolute Gasteiger partial charge is 0.223 e. The van der Waals surface area contributed by atoms with Gasteiger partial charge in [0.15, 0.2) is 0 Å². The molecule has 0 aliphatic rings. The van der Waals surface area contributed by atoms with Gasteiger partial charge in [-0.2, -0.15) is 0 Å². The van der Waals surface area contributed by atoms with Crippen LogP contribution in [0.5, 0.6) is 5.75 Å². The summed E-state index contributed by atoms with van der Waals surface area (Å²) in [4.78, 5) is 17.5. The zero-order valence-corrected chi connectivity index (χ0v) is 10.5. The topological polar surface area (TPSA) is 65.5 Å². The maximum absolute atomic E-state index is 11.4. The average Bonchev–Trinajstić information content (AvgIpc) is 2.30. The number of hydrogen-bond donors (Lipinski definition) is 2. The summed E-state index contributed by atoms with van der Waals surface area (Å²) in [7, 11) is 3.58. The number of rotatable bonds is 5. The molecular formula is C12H19N3O2. The molecule has 1 unspecified atom stereocenters. The normalized spacial score (nSPS) is 12.5. The first-order valence-corrected chi connectivity index (χ1v) is 5.57. The molecule has 0 bridgehead atoms. The minimum absolute atomic E-state index is 0.0375. The second-order valence-electron chi connectivity index (χ2n) is 4.22. The fourth-order valence-corrected chi connectivity index (χ4v) is 1.65. The van der Waals surface area contributed by atoms with Crippen molar-refractivity contribution in [2.75, 3.05) is 20.6 Å². The van der Waals surface area contributed by atoms with Crippen molar-refractivity contribution in [3.8, 4) is 5.75 Å². The number of nitrogens with one attached hydrogen (secondary N) is 1. The number of pyridine rings is 1. The van der Waals surface area contributed by atoms with Gasteiger partial charge in [-0.25, -0.2) is 0 Å². The van der Waals surface area contributed by atoms with Gasteiger partial charge in [0.1, 0.15) is 5.75 Å². The Labute approximate surface area is 101 Å². The molecule has 1 atom stereocenters. The molecule has 1 amide bonds. The summed E-state index contributed by atoms with van der Waals surface area (Å²) in [6.45, 7) is 3.21. The molecule has 0 saturated carbocycles. The van der Waals surface area contributed by atoms with Gasteiger partial charge >= 0.3 is 0 Å². The van der Waals surface area contributed by atoms with Crippen LogP contribution < -0.4 is 5.32 Å². The molecule has 0 aromatic carbocycles. The highest BCUT2D eigenvalue weighted by molar-refractivity contribution is 5.78. The molecule has 17 heavy (non-hydrogen) atoms. The third-order valence-corrected chi connectivity index (χ3v) is 2.52. The lowest BCUT2D eigenvalue weighted by atomic mass is 10.1. The maximum Gasteiger partial charge on any atom is 0.223 e. The molecule has 5 nitrogen and oxygen atoms in total. The Hall–Kier alpha value is -1.62. The molecule has 1 aromatic rings. The molecule has 94 valence electrons. The first-order valence-electron chi connectivity index (χ1n) is 5.57. The first-order chi connectivity index (χ1) is 8.02. The van der Waals surface area contributed by atoms with E-state index in [1.165, 1.54) is 6.20 Å². The second-order valence-corrected chi connectivity index (χ2v) is 4.22. The van der Waals surface area contributed by atoms with Crippen molar-refractivity contribution < 1.29 is 9.90 Å². The van der Waals surface area contributed by atoms with Crippen molar-refractivity contribution in [1.82, 2.24) is 15.2 Å². The van der Waals surface area contributed by atoms with E-state index in [0.717, 1.165) is 5.69 Å². The van der Waals surface area contributed by atoms with E-state index in [0.29, 0.717) is 13.1 Å². The number of aromatic nitrogens is 1. The monoisotopic (exact) mass is 237 g/mol. The van der Waals surface area contributed by atoms with E-state index < -0.39 is 0 Å². The fraction of sp³-hybridized carbons (Fsp3) is 0.500. The molecule has 0 aliphatic carbocycles. The van der Waals surface area contributed by atoms with Gasteiger partial charge in [-0.3, -0.25) is 14.7 Å². The summed E-state index contributed by atoms with van der Waals surface area (Å²) in [5.74, 6) is 0.146. The molecule has 0 fully saturated rings. The van der Waals surface area contributed by atoms with Crippen LogP contribution in [0.25, 0.3) is 0 Å². The number of amides is 1. The van der Waals surface area contributed by atoms with Crippen LogP contribution >= 0.6 is 0 Å². The van der Waals surface area contributed by atoms with Crippen LogP contribution in [0.4, 0.5) is 0 Å². The number of carbonyl (C=O) groups excluding carboxylic acids is 1. The Morgan fingerprint density at radius 2 is 2.29 bits per heavy atom. The average molecular weight is 237 g/mol. The van der Waals surface area contributed by atoms with E-state index in [2.05, 4.69) is 10.3 Å². The minimum Gasteiger partial charge on any atom is -0.506 e. The van der Waals surface area contributed by atoms with Gasteiger partial charge in [0.05, 0.1) is 11.9 Å². The van der Waals surface area contributed by atoms with Gasteiger partial charge in [0, 0.05) is 26.1 Å². The van der Waals surface area contributed by atoms with Gasteiger partial charge < -0.3 is 10.4 Å². The predicted molar refractivity (Wildman–Crippen MR) is 65.5 cm³/mol. The van der Waals surface area contributed by atoms with Crippen LogP contribution in [-0.2, 0) is 11.3 Å². The Balaban J connectivity index is 2.46. The molecule has 2 N–H and O–H groups in total. The fourth-order valence-electron chi connectivity index (χ4n) is 1.65. The van der Waals surface area contributed by atoms with E-state index in [-0.39, 0.29) is 17.6 Å². The standard InChI is InChI=1S/C12H19N3O2/c1-9(12(17)13-2)7-15(3)8-10-4-5-11(16)6-14-10/h4-6,9,16H,7-8H2,1-3H3,(H,13,17). The molecule has 0 spiro atoms. The summed E-state index contributed by atoms with van der Waals surface area (Å²) < 4.78 is 0. The zero-order chi connectivity index (χ0) is 12.8. The van der Waals surface area contributed by atoms with Crippen LogP contribution in [-0.4, -0.2) is 41.5 Å². The largest absolute Gasteiger partial charge is 0.506 e. The molecule has 0 saturated heterocycles. The summed E-state index contributed by atoms with van der Waals surface area (Å²) in [6.07, 6.45) is 1.42. The van der Waals surface area contributed by atoms with Gasteiger partial charge in [-0.1, -0.05) is 6.92 Å². The van der Waals surface area contributed by atoms with E-state index in [1.807, 2.05) is 18.9 Å². The SMILES string of the molecule is CNC(=O)C(C)CN(C)Cc1ccc(O)cn1. The van der Waals surface area contributed by atoms with Crippen molar-refractivity contribution in [2.45, 2.75) is 13.5 Å². The quantitative estimate of drug-likeness (QED) is 0.787. The highest BCUT2D eigenvalue weighted by atomic mass is 16.3. The van der Waals surface area contributed by atoms with Crippen LogP contribution in [0.3, 0.4) is 0 Å². The number of nitrogens with zero attached hydrogens (tertiary/aromatic N) is 2. The number of aromatic hydroxyl groups is 1. The van der Waals surface area contributed by atoms with E-state index in [9.17, 15) is 4.79 Å². The highest BCUT2D eigenvalue weighted by Crippen LogP contribution is 2.08. The lowest BCUT2D eigenvalue weighted by Crippen LogP contribution is -2.34. The summed E-state index contributed by atoms with van der Waals surface area (Å²) >= 11 is 0. The Kier molecular flexibility index (Phi) is 4.90. The van der Waals surface area contributed by atoms with Gasteiger partial charge in [0.25, 0.3) is 0 Å². The summed E-state index contributed by atoms with van der Waals surface area (Å²) in [5.41, 5.74) is 0.870. The molecule has 5 heteroatoms. The van der Waals surface area contributed by atoms with Crippen molar-refractivity contribution in [3.05, 3.63) is 24.0 Å². The van der Waals surface area contributed by atoms with Crippen LogP contribution in [0.1, 0.15) is 12.6 Å². The molecule has 1 heterocycles. The second kappa shape index (κ2) is 6.20. The maximum atomic E-state index is 11.4. The lowest BCUT2D eigenvalue weighted by molar-refractivity contribution is -0.124. The number of hydrogen-bond acceptors (Lipinski definition) is 4. The van der Waals surface area contributed by atoms with Gasteiger partial charge in [0.2, 0.25) is 5.91 Å². The molecule has 1 rings (SSSR count). The Morgan fingerprint density at radius 3 is 2.82 bits per heavy atom. The van der Waals surface area contributed by atoms with Crippen molar-refractivity contribution in [1.29, 1.82) is 0 Å². The van der Waals surface area contributed by atoms with E-state index >= 15 is 0 Å². The van der Waals surface area contributed by atoms with Crippen LogP contribution in [0.15, 0.2) is 18.3 Å². The zero-order valence-electron chi connectivity index (χ0n) is 10.5. The van der Waals surface area contributed by atoms with Crippen molar-refractivity contribution in [2.24, 2.45) is 5.92 Å². The molecule has 0 radical (unpaired) electrons. The first kappa shape index (κ1) is 13.4. The molecule has 1 aromatic heterocycles. The third-order valence-electron chi connectivity index (χ3n) is 2.52. The Bertz CT molecular complexity index is 365. The van der Waals surface area contributed by atoms with Crippen molar-refractivity contribution in [3.63, 3.8) is 0 Å². The van der Waals surface area contributed by atoms with Gasteiger partial charge in [-0.05, 0) is 19.2 Å². The predicted octanol–water partition coefficient (Wildman–Crippen LogP) is 0.601. The minimum atomic E-state index is -0.0536. The Morgan fingerprint density at radius 1 is 1.59 bits per heavy atom. The molecular weight excluding hydrogens is 218 g/mol. The van der Waals surface area contributed by atoms with Crippen LogP contribution in [0, 0.1) is 5.92 Å². The summed E-state index contributed by atoms with van der Waals surface area (Å²) in [6, 6.07) is 3.38. The molecule has 0 aliphatic heterocycles. The highest BCUT2D eigenvalue weighted by Gasteiger charge is 2.13. The van der Waals surface area contributed by atoms with Gasteiger partial charge in [-0.15, -0.1) is 0 Å². The lowest BCUT2D eigenvalue weighted by Gasteiger charge is -2.19. The van der Waals surface area contributed by atoms with Crippen molar-refractivity contribution >= 4 is 5.91 Å².